The van der Waals surface area contributed by atoms with Crippen molar-refractivity contribution in [1.82, 2.24) is 0 Å². The van der Waals surface area contributed by atoms with E-state index >= 15 is 0 Å². The molecule has 0 N–H and O–H groups in total. The number of halogens is 1. The van der Waals surface area contributed by atoms with Crippen LogP contribution in [0.3, 0.4) is 0 Å². The van der Waals surface area contributed by atoms with Gasteiger partial charge in [-0.25, -0.2) is 4.79 Å². The molecular weight excluding hydrogens is 220 g/mol. The van der Waals surface area contributed by atoms with Crippen LogP contribution in [0.5, 0.6) is 5.75 Å². The Morgan fingerprint density at radius 1 is 1.40 bits per heavy atom. The van der Waals surface area contributed by atoms with Crippen LogP contribution in [0.25, 0.3) is 0 Å². The summed E-state index contributed by atoms with van der Waals surface area (Å²) in [6.45, 7) is -0.198. The Morgan fingerprint density at radius 2 is 2.13 bits per heavy atom. The van der Waals surface area contributed by atoms with Crippen LogP contribution in [-0.4, -0.2) is 24.9 Å². The number of carbonyl (C=O) groups excluding carboxylic acids is 2. The van der Waals surface area contributed by atoms with Gasteiger partial charge < -0.3 is 9.47 Å². The zero-order valence-electron chi connectivity index (χ0n) is 8.03. The van der Waals surface area contributed by atoms with Gasteiger partial charge in [0, 0.05) is 5.56 Å². The summed E-state index contributed by atoms with van der Waals surface area (Å²) < 4.78 is 9.46. The molecule has 0 heterocycles. The molecule has 4 nitrogen and oxygen atoms in total. The van der Waals surface area contributed by atoms with Gasteiger partial charge in [0.2, 0.25) is 0 Å². The summed E-state index contributed by atoms with van der Waals surface area (Å²) in [5, 5.41) is -0.571. The van der Waals surface area contributed by atoms with Crippen LogP contribution >= 0.6 is 11.6 Å². The summed E-state index contributed by atoms with van der Waals surface area (Å²) in [4.78, 5) is 21.6. The lowest BCUT2D eigenvalue weighted by Gasteiger charge is -2.04. The fourth-order valence-corrected chi connectivity index (χ4v) is 1.03. The Balaban J connectivity index is 2.66. The number of carbonyl (C=O) groups is 2. The number of methoxy groups -OCH3 is 1. The van der Waals surface area contributed by atoms with Crippen molar-refractivity contribution in [3.8, 4) is 5.75 Å². The molecule has 0 amide bonds. The van der Waals surface area contributed by atoms with Crippen LogP contribution in [0, 0.1) is 0 Å². The normalized spacial score (nSPS) is 9.47. The first-order valence-electron chi connectivity index (χ1n) is 4.13. The number of esters is 1. The maximum absolute atomic E-state index is 10.8. The lowest BCUT2D eigenvalue weighted by molar-refractivity contribution is -0.142. The summed E-state index contributed by atoms with van der Waals surface area (Å²) in [5.41, 5.74) is 0.319. The predicted octanol–water partition coefficient (Wildman–Crippen LogP) is 1.62. The second kappa shape index (κ2) is 5.36. The third-order valence-corrected chi connectivity index (χ3v) is 1.86. The van der Waals surface area contributed by atoms with Crippen molar-refractivity contribution in [3.05, 3.63) is 29.8 Å². The Morgan fingerprint density at radius 3 is 2.73 bits per heavy atom. The summed E-state index contributed by atoms with van der Waals surface area (Å²) in [5.74, 6) is -0.0931. The Labute approximate surface area is 91.7 Å². The van der Waals surface area contributed by atoms with Crippen LogP contribution in [0.1, 0.15) is 10.4 Å². The summed E-state index contributed by atoms with van der Waals surface area (Å²) in [7, 11) is 1.27. The van der Waals surface area contributed by atoms with Crippen LogP contribution in [0.15, 0.2) is 24.3 Å². The third kappa shape index (κ3) is 3.59. The van der Waals surface area contributed by atoms with E-state index in [4.69, 9.17) is 16.3 Å². The van der Waals surface area contributed by atoms with Gasteiger partial charge in [0.1, 0.15) is 5.75 Å². The minimum Gasteiger partial charge on any atom is -0.482 e. The number of ether oxygens (including phenoxy) is 2. The molecule has 0 saturated carbocycles. The maximum atomic E-state index is 10.8. The molecule has 1 aromatic carbocycles. The van der Waals surface area contributed by atoms with Crippen molar-refractivity contribution < 1.29 is 19.1 Å². The molecule has 0 aromatic heterocycles. The molecule has 0 aliphatic carbocycles. The molecule has 0 spiro atoms. The SMILES string of the molecule is COC(=O)COc1cccc(C(=O)Cl)c1. The smallest absolute Gasteiger partial charge is 0.343 e. The highest BCUT2D eigenvalue weighted by Gasteiger charge is 2.05. The van der Waals surface area contributed by atoms with Crippen LogP contribution in [0.4, 0.5) is 0 Å². The van der Waals surface area contributed by atoms with E-state index < -0.39 is 11.2 Å². The van der Waals surface area contributed by atoms with E-state index in [9.17, 15) is 9.59 Å². The Kier molecular flexibility index (Phi) is 4.12. The predicted molar refractivity (Wildman–Crippen MR) is 54.1 cm³/mol. The van der Waals surface area contributed by atoms with E-state index in [1.54, 1.807) is 18.2 Å². The lowest BCUT2D eigenvalue weighted by Crippen LogP contribution is -2.12. The first kappa shape index (κ1) is 11.5. The number of hydrogen-bond donors (Lipinski definition) is 0. The van der Waals surface area contributed by atoms with Crippen LogP contribution in [-0.2, 0) is 9.53 Å². The molecule has 0 aliphatic heterocycles. The van der Waals surface area contributed by atoms with Gasteiger partial charge in [-0.1, -0.05) is 6.07 Å². The average Bonchev–Trinajstić information content (AvgIpc) is 2.26. The van der Waals surface area contributed by atoms with E-state index in [1.165, 1.54) is 13.2 Å². The summed E-state index contributed by atoms with van der Waals surface area (Å²) in [6, 6.07) is 6.24. The number of rotatable bonds is 4. The van der Waals surface area contributed by atoms with Gasteiger partial charge in [0.25, 0.3) is 5.24 Å². The largest absolute Gasteiger partial charge is 0.482 e. The van der Waals surface area contributed by atoms with Gasteiger partial charge in [0.05, 0.1) is 7.11 Å². The lowest BCUT2D eigenvalue weighted by atomic mass is 10.2. The highest BCUT2D eigenvalue weighted by atomic mass is 35.5. The van der Waals surface area contributed by atoms with E-state index in [0.29, 0.717) is 11.3 Å². The highest BCUT2D eigenvalue weighted by Crippen LogP contribution is 2.14. The molecule has 1 aromatic rings. The average molecular weight is 229 g/mol. The zero-order valence-corrected chi connectivity index (χ0v) is 8.78. The minimum atomic E-state index is -0.571. The van der Waals surface area contributed by atoms with Crippen molar-refractivity contribution in [3.63, 3.8) is 0 Å². The first-order valence-corrected chi connectivity index (χ1v) is 4.51. The maximum Gasteiger partial charge on any atom is 0.343 e. The quantitative estimate of drug-likeness (QED) is 0.581. The summed E-state index contributed by atoms with van der Waals surface area (Å²) >= 11 is 5.28. The Bertz CT molecular complexity index is 375. The van der Waals surface area contributed by atoms with Gasteiger partial charge in [-0.05, 0) is 29.8 Å². The van der Waals surface area contributed by atoms with E-state index in [-0.39, 0.29) is 6.61 Å². The minimum absolute atomic E-state index is 0.198. The van der Waals surface area contributed by atoms with Gasteiger partial charge in [0.15, 0.2) is 6.61 Å². The second-order valence-corrected chi connectivity index (χ2v) is 3.01. The molecule has 5 heteroatoms. The van der Waals surface area contributed by atoms with Crippen molar-refractivity contribution >= 4 is 22.8 Å². The molecule has 0 fully saturated rings. The van der Waals surface area contributed by atoms with E-state index in [0.717, 1.165) is 0 Å². The fourth-order valence-electron chi connectivity index (χ4n) is 0.909. The van der Waals surface area contributed by atoms with Crippen molar-refractivity contribution in [2.75, 3.05) is 13.7 Å². The van der Waals surface area contributed by atoms with Crippen LogP contribution < -0.4 is 4.74 Å². The highest BCUT2D eigenvalue weighted by molar-refractivity contribution is 6.67. The van der Waals surface area contributed by atoms with Crippen LogP contribution in [0.2, 0.25) is 0 Å². The number of benzene rings is 1. The molecule has 0 saturated heterocycles. The monoisotopic (exact) mass is 228 g/mol. The topological polar surface area (TPSA) is 52.6 Å². The second-order valence-electron chi connectivity index (χ2n) is 2.67. The van der Waals surface area contributed by atoms with E-state index in [1.807, 2.05) is 0 Å². The molecule has 0 bridgehead atoms. The van der Waals surface area contributed by atoms with Crippen molar-refractivity contribution in [2.24, 2.45) is 0 Å². The van der Waals surface area contributed by atoms with Crippen molar-refractivity contribution in [2.45, 2.75) is 0 Å². The third-order valence-electron chi connectivity index (χ3n) is 1.65. The molecule has 0 radical (unpaired) electrons. The van der Waals surface area contributed by atoms with E-state index in [2.05, 4.69) is 4.74 Å². The standard InChI is InChI=1S/C10H9ClO4/c1-14-9(12)6-15-8-4-2-3-7(5-8)10(11)13/h2-5H,6H2,1H3. The van der Waals surface area contributed by atoms with Crippen molar-refractivity contribution in [1.29, 1.82) is 0 Å². The molecule has 0 aliphatic rings. The summed E-state index contributed by atoms with van der Waals surface area (Å²) in [6.07, 6.45) is 0. The molecule has 80 valence electrons. The van der Waals surface area contributed by atoms with Gasteiger partial charge in [-0.15, -0.1) is 0 Å². The zero-order chi connectivity index (χ0) is 11.3. The molecular formula is C10H9ClO4. The van der Waals surface area contributed by atoms with Gasteiger partial charge in [-0.2, -0.15) is 0 Å². The molecule has 1 rings (SSSR count). The molecule has 0 unspecified atom stereocenters. The fraction of sp³-hybridized carbons (Fsp3) is 0.200. The Hall–Kier alpha value is -1.55. The molecule has 15 heavy (non-hydrogen) atoms. The van der Waals surface area contributed by atoms with Gasteiger partial charge in [-0.3, -0.25) is 4.79 Å². The first-order chi connectivity index (χ1) is 7.13. The molecule has 0 atom stereocenters. The van der Waals surface area contributed by atoms with Gasteiger partial charge >= 0.3 is 5.97 Å². The number of hydrogen-bond acceptors (Lipinski definition) is 4.